The summed E-state index contributed by atoms with van der Waals surface area (Å²) in [5, 5.41) is 2.83. The van der Waals surface area contributed by atoms with Crippen LogP contribution in [0.1, 0.15) is 17.3 Å². The zero-order chi connectivity index (χ0) is 30.4. The fourth-order valence-corrected chi connectivity index (χ4v) is 5.95. The fraction of sp³-hybridized carbons (Fsp3) is 0.188. The van der Waals surface area contributed by atoms with Crippen molar-refractivity contribution in [1.29, 1.82) is 0 Å². The van der Waals surface area contributed by atoms with E-state index in [0.717, 1.165) is 11.1 Å². The molecule has 1 heterocycles. The molecule has 4 aromatic carbocycles. The number of nitrogens with one attached hydrogen (secondary N) is 2. The zero-order valence-corrected chi connectivity index (χ0v) is 24.5. The Bertz CT molecular complexity index is 1700. The van der Waals surface area contributed by atoms with E-state index in [-0.39, 0.29) is 10.8 Å². The number of amides is 1. The van der Waals surface area contributed by atoms with E-state index in [1.165, 1.54) is 20.1 Å². The topological polar surface area (TPSA) is 123 Å². The lowest BCUT2D eigenvalue weighted by Crippen LogP contribution is -2.37. The molecule has 1 aliphatic heterocycles. The van der Waals surface area contributed by atoms with Gasteiger partial charge in [-0.05, 0) is 77.9 Å². The molecule has 0 atom stereocenters. The van der Waals surface area contributed by atoms with E-state index in [4.69, 9.17) is 14.2 Å². The second kappa shape index (κ2) is 13.0. The Kier molecular flexibility index (Phi) is 8.93. The summed E-state index contributed by atoms with van der Waals surface area (Å²) in [6.07, 6.45) is 0. The van der Waals surface area contributed by atoms with Crippen molar-refractivity contribution in [3.63, 3.8) is 0 Å². The quantitative estimate of drug-likeness (QED) is 0.199. The molecule has 0 radical (unpaired) electrons. The molecule has 0 bridgehead atoms. The number of hydrogen-bond acceptors (Lipinski definition) is 8. The number of esters is 1. The van der Waals surface area contributed by atoms with E-state index in [9.17, 15) is 18.0 Å². The molecule has 0 saturated carbocycles. The van der Waals surface area contributed by atoms with Gasteiger partial charge >= 0.3 is 5.97 Å². The Morgan fingerprint density at radius 2 is 1.37 bits per heavy atom. The van der Waals surface area contributed by atoms with Crippen molar-refractivity contribution in [3.8, 4) is 22.6 Å². The predicted molar refractivity (Wildman–Crippen MR) is 164 cm³/mol. The van der Waals surface area contributed by atoms with Crippen LogP contribution in [-0.4, -0.2) is 53.7 Å². The van der Waals surface area contributed by atoms with E-state index in [1.54, 1.807) is 60.7 Å². The second-order valence-corrected chi connectivity index (χ2v) is 11.4. The average molecular weight is 602 g/mol. The number of methoxy groups -OCH3 is 1. The average Bonchev–Trinajstić information content (AvgIpc) is 3.02. The second-order valence-electron chi connectivity index (χ2n) is 9.77. The minimum atomic E-state index is -4.03. The molecule has 1 saturated heterocycles. The van der Waals surface area contributed by atoms with Gasteiger partial charge in [0.25, 0.3) is 15.9 Å². The SMILES string of the molecule is COc1ccc(NS(=O)(=O)c2cc(NC(=O)c3ccc(-c4ccc(OC(C)=O)cc4)cc3)ccc2N2CCOCC2)cc1. The first-order valence-electron chi connectivity index (χ1n) is 13.6. The Morgan fingerprint density at radius 1 is 0.791 bits per heavy atom. The summed E-state index contributed by atoms with van der Waals surface area (Å²) < 4.78 is 45.6. The molecule has 0 spiro atoms. The van der Waals surface area contributed by atoms with Crippen LogP contribution in [0.25, 0.3) is 11.1 Å². The van der Waals surface area contributed by atoms with Gasteiger partial charge in [-0.1, -0.05) is 24.3 Å². The zero-order valence-electron chi connectivity index (χ0n) is 23.7. The first-order chi connectivity index (χ1) is 20.7. The lowest BCUT2D eigenvalue weighted by Gasteiger charge is -2.30. The number of benzene rings is 4. The van der Waals surface area contributed by atoms with E-state index < -0.39 is 16.0 Å². The van der Waals surface area contributed by atoms with Gasteiger partial charge in [0.1, 0.15) is 16.4 Å². The number of rotatable bonds is 9. The summed E-state index contributed by atoms with van der Waals surface area (Å²) in [6, 6.07) is 25.5. The lowest BCUT2D eigenvalue weighted by molar-refractivity contribution is -0.131. The van der Waals surface area contributed by atoms with E-state index >= 15 is 0 Å². The van der Waals surface area contributed by atoms with Gasteiger partial charge in [0.15, 0.2) is 0 Å². The number of sulfonamides is 1. The van der Waals surface area contributed by atoms with Crippen molar-refractivity contribution >= 4 is 39.0 Å². The van der Waals surface area contributed by atoms with Gasteiger partial charge in [0, 0.05) is 37.0 Å². The van der Waals surface area contributed by atoms with Gasteiger partial charge in [-0.15, -0.1) is 0 Å². The molecule has 10 nitrogen and oxygen atoms in total. The molecule has 2 N–H and O–H groups in total. The number of ether oxygens (including phenoxy) is 3. The van der Waals surface area contributed by atoms with Crippen molar-refractivity contribution in [1.82, 2.24) is 0 Å². The highest BCUT2D eigenvalue weighted by Crippen LogP contribution is 2.31. The summed E-state index contributed by atoms with van der Waals surface area (Å²) >= 11 is 0. The van der Waals surface area contributed by atoms with Crippen molar-refractivity contribution in [2.45, 2.75) is 11.8 Å². The number of anilines is 3. The third-order valence-electron chi connectivity index (χ3n) is 6.80. The molecular weight excluding hydrogens is 570 g/mol. The molecule has 0 aliphatic carbocycles. The first kappa shape index (κ1) is 29.6. The number of nitrogens with zero attached hydrogens (tertiary/aromatic N) is 1. The van der Waals surface area contributed by atoms with Gasteiger partial charge in [0.2, 0.25) is 0 Å². The Morgan fingerprint density at radius 3 is 1.98 bits per heavy atom. The molecule has 0 unspecified atom stereocenters. The maximum absolute atomic E-state index is 13.6. The molecule has 4 aromatic rings. The maximum atomic E-state index is 13.6. The van der Waals surface area contributed by atoms with Gasteiger partial charge in [-0.25, -0.2) is 8.42 Å². The van der Waals surface area contributed by atoms with Crippen molar-refractivity contribution in [2.75, 3.05) is 48.4 Å². The third-order valence-corrected chi connectivity index (χ3v) is 8.21. The van der Waals surface area contributed by atoms with Crippen LogP contribution in [0.2, 0.25) is 0 Å². The van der Waals surface area contributed by atoms with E-state index in [1.807, 2.05) is 29.2 Å². The van der Waals surface area contributed by atoms with E-state index in [0.29, 0.717) is 60.4 Å². The summed E-state index contributed by atoms with van der Waals surface area (Å²) in [5.74, 6) is 0.277. The predicted octanol–water partition coefficient (Wildman–Crippen LogP) is 5.18. The standard InChI is InChI=1S/C32H31N3O7S/c1-22(36)42-29-12-7-24(8-13-29)23-3-5-25(6-4-23)32(37)33-27-11-16-30(35-17-19-41-20-18-35)31(21-27)43(38,39)34-26-9-14-28(40-2)15-10-26/h3-16,21,34H,17-20H2,1-2H3,(H,33,37). The normalized spacial score (nSPS) is 13.2. The molecule has 222 valence electrons. The van der Waals surface area contributed by atoms with Crippen LogP contribution in [-0.2, 0) is 19.6 Å². The highest BCUT2D eigenvalue weighted by Gasteiger charge is 2.25. The molecule has 43 heavy (non-hydrogen) atoms. The number of morpholine rings is 1. The highest BCUT2D eigenvalue weighted by atomic mass is 32.2. The molecule has 0 aromatic heterocycles. The number of carbonyl (C=O) groups is 2. The molecule has 5 rings (SSSR count). The molecular formula is C32H31N3O7S. The smallest absolute Gasteiger partial charge is 0.308 e. The third kappa shape index (κ3) is 7.32. The van der Waals surface area contributed by atoms with Crippen LogP contribution in [0.5, 0.6) is 11.5 Å². The molecule has 1 aliphatic rings. The van der Waals surface area contributed by atoms with E-state index in [2.05, 4.69) is 10.0 Å². The number of hydrogen-bond donors (Lipinski definition) is 2. The maximum Gasteiger partial charge on any atom is 0.308 e. The summed E-state index contributed by atoms with van der Waals surface area (Å²) in [4.78, 5) is 26.3. The molecule has 1 amide bonds. The summed E-state index contributed by atoms with van der Waals surface area (Å²) in [6.45, 7) is 3.38. The first-order valence-corrected chi connectivity index (χ1v) is 15.0. The van der Waals surface area contributed by atoms with Crippen LogP contribution < -0.4 is 24.4 Å². The van der Waals surface area contributed by atoms with Gasteiger partial charge < -0.3 is 24.4 Å². The minimum Gasteiger partial charge on any atom is -0.497 e. The van der Waals surface area contributed by atoms with Gasteiger partial charge in [-0.3, -0.25) is 14.3 Å². The largest absolute Gasteiger partial charge is 0.497 e. The van der Waals surface area contributed by atoms with Gasteiger partial charge in [-0.2, -0.15) is 0 Å². The van der Waals surface area contributed by atoms with Crippen molar-refractivity contribution in [2.24, 2.45) is 0 Å². The van der Waals surface area contributed by atoms with Gasteiger partial charge in [0.05, 0.1) is 26.0 Å². The van der Waals surface area contributed by atoms with Crippen LogP contribution in [0.4, 0.5) is 17.1 Å². The lowest BCUT2D eigenvalue weighted by atomic mass is 10.0. The highest BCUT2D eigenvalue weighted by molar-refractivity contribution is 7.92. The Balaban J connectivity index is 1.36. The molecule has 11 heteroatoms. The Labute approximate surface area is 250 Å². The Hall–Kier alpha value is -4.87. The number of carbonyl (C=O) groups excluding carboxylic acids is 2. The molecule has 1 fully saturated rings. The van der Waals surface area contributed by atoms with Crippen molar-refractivity contribution in [3.05, 3.63) is 96.6 Å². The summed E-state index contributed by atoms with van der Waals surface area (Å²) in [5.41, 5.74) is 3.40. The van der Waals surface area contributed by atoms with Crippen LogP contribution >= 0.6 is 0 Å². The van der Waals surface area contributed by atoms with Crippen molar-refractivity contribution < 1.29 is 32.2 Å². The van der Waals surface area contributed by atoms with Crippen LogP contribution in [0, 0.1) is 0 Å². The minimum absolute atomic E-state index is 0.0376. The monoisotopic (exact) mass is 601 g/mol. The van der Waals surface area contributed by atoms with Crippen LogP contribution in [0.3, 0.4) is 0 Å². The fourth-order valence-electron chi connectivity index (χ4n) is 4.64. The van der Waals surface area contributed by atoms with Crippen LogP contribution in [0.15, 0.2) is 95.9 Å². The summed E-state index contributed by atoms with van der Waals surface area (Å²) in [7, 11) is -2.50.